The van der Waals surface area contributed by atoms with Crippen LogP contribution < -0.4 is 5.32 Å². The van der Waals surface area contributed by atoms with Gasteiger partial charge in [0.2, 0.25) is 0 Å². The Morgan fingerprint density at radius 1 is 1.31 bits per heavy atom. The van der Waals surface area contributed by atoms with Crippen LogP contribution in [-0.4, -0.2) is 39.3 Å². The summed E-state index contributed by atoms with van der Waals surface area (Å²) in [6.45, 7) is 2.46. The number of ether oxygens (including phenoxy) is 1. The first kappa shape index (κ1) is 19.6. The lowest BCUT2D eigenvalue weighted by atomic mass is 9.81. The second kappa shape index (κ2) is 7.94. The zero-order chi connectivity index (χ0) is 20.4. The zero-order valence-corrected chi connectivity index (χ0v) is 17.4. The number of carbonyl (C=O) groups is 2. The topological polar surface area (TPSA) is 86.1 Å². The normalized spacial score (nSPS) is 15.9. The minimum absolute atomic E-state index is 0.288. The van der Waals surface area contributed by atoms with Crippen molar-refractivity contribution in [2.75, 3.05) is 7.11 Å². The fourth-order valence-electron chi connectivity index (χ4n) is 4.04. The SMILES string of the molecule is COC(=O)C1(NC(=O)c2cc(C)nc3c2cnn3Cc2cccs2)CCCCC1. The molecule has 0 unspecified atom stereocenters. The molecule has 29 heavy (non-hydrogen) atoms. The lowest BCUT2D eigenvalue weighted by molar-refractivity contribution is -0.149. The van der Waals surface area contributed by atoms with Crippen molar-refractivity contribution in [2.24, 2.45) is 0 Å². The van der Waals surface area contributed by atoms with Crippen LogP contribution in [0.2, 0.25) is 0 Å². The number of pyridine rings is 1. The van der Waals surface area contributed by atoms with E-state index in [1.807, 2.05) is 29.1 Å². The van der Waals surface area contributed by atoms with E-state index in [1.54, 1.807) is 23.6 Å². The Kier molecular flexibility index (Phi) is 5.36. The molecule has 0 aromatic carbocycles. The average Bonchev–Trinajstić information content (AvgIpc) is 3.38. The second-order valence-corrected chi connectivity index (χ2v) is 8.55. The van der Waals surface area contributed by atoms with Gasteiger partial charge in [0.1, 0.15) is 5.54 Å². The Bertz CT molecular complexity index is 1040. The summed E-state index contributed by atoms with van der Waals surface area (Å²) in [5.74, 6) is -0.663. The number of aryl methyl sites for hydroxylation is 1. The van der Waals surface area contributed by atoms with Crippen molar-refractivity contribution in [1.29, 1.82) is 0 Å². The maximum atomic E-state index is 13.2. The van der Waals surface area contributed by atoms with Crippen LogP contribution in [0.5, 0.6) is 0 Å². The summed E-state index contributed by atoms with van der Waals surface area (Å²) in [7, 11) is 1.37. The van der Waals surface area contributed by atoms with Crippen LogP contribution in [0.4, 0.5) is 0 Å². The largest absolute Gasteiger partial charge is 0.467 e. The summed E-state index contributed by atoms with van der Waals surface area (Å²) < 4.78 is 6.83. The number of fused-ring (bicyclic) bond motifs is 1. The Hall–Kier alpha value is -2.74. The third-order valence-electron chi connectivity index (χ3n) is 5.50. The summed E-state index contributed by atoms with van der Waals surface area (Å²) in [6.07, 6.45) is 5.70. The van der Waals surface area contributed by atoms with Gasteiger partial charge in [-0.1, -0.05) is 25.3 Å². The number of rotatable bonds is 5. The van der Waals surface area contributed by atoms with Gasteiger partial charge in [0.05, 0.1) is 30.8 Å². The lowest BCUT2D eigenvalue weighted by Gasteiger charge is -2.35. The highest BCUT2D eigenvalue weighted by Gasteiger charge is 2.42. The van der Waals surface area contributed by atoms with E-state index in [-0.39, 0.29) is 11.9 Å². The minimum atomic E-state index is -0.958. The lowest BCUT2D eigenvalue weighted by Crippen LogP contribution is -2.56. The van der Waals surface area contributed by atoms with Crippen LogP contribution in [0.15, 0.2) is 29.8 Å². The molecule has 1 fully saturated rings. The maximum Gasteiger partial charge on any atom is 0.331 e. The maximum absolute atomic E-state index is 13.2. The van der Waals surface area contributed by atoms with E-state index in [2.05, 4.69) is 15.4 Å². The fraction of sp³-hybridized carbons (Fsp3) is 0.429. The number of aromatic nitrogens is 3. The molecule has 0 radical (unpaired) electrons. The predicted molar refractivity (Wildman–Crippen MR) is 111 cm³/mol. The van der Waals surface area contributed by atoms with Gasteiger partial charge in [-0.2, -0.15) is 5.10 Å². The molecule has 0 spiro atoms. The van der Waals surface area contributed by atoms with E-state index in [0.29, 0.717) is 36.0 Å². The summed E-state index contributed by atoms with van der Waals surface area (Å²) in [5, 5.41) is 10.2. The van der Waals surface area contributed by atoms with Crippen LogP contribution >= 0.6 is 11.3 Å². The van der Waals surface area contributed by atoms with Gasteiger partial charge in [-0.25, -0.2) is 14.5 Å². The molecule has 0 saturated heterocycles. The number of thiophene rings is 1. The molecule has 3 aromatic heterocycles. The number of hydrogen-bond acceptors (Lipinski definition) is 6. The van der Waals surface area contributed by atoms with Gasteiger partial charge in [-0.3, -0.25) is 4.79 Å². The van der Waals surface area contributed by atoms with Crippen molar-refractivity contribution < 1.29 is 14.3 Å². The van der Waals surface area contributed by atoms with E-state index in [1.165, 1.54) is 7.11 Å². The van der Waals surface area contributed by atoms with Crippen molar-refractivity contribution in [1.82, 2.24) is 20.1 Å². The van der Waals surface area contributed by atoms with Crippen LogP contribution in [0.1, 0.15) is 53.0 Å². The first-order valence-electron chi connectivity index (χ1n) is 9.79. The first-order chi connectivity index (χ1) is 14.0. The number of hydrogen-bond donors (Lipinski definition) is 1. The Balaban J connectivity index is 1.68. The zero-order valence-electron chi connectivity index (χ0n) is 16.6. The quantitative estimate of drug-likeness (QED) is 0.649. The Labute approximate surface area is 173 Å². The Morgan fingerprint density at radius 2 is 2.10 bits per heavy atom. The predicted octanol–water partition coefficient (Wildman–Crippen LogP) is 3.46. The number of nitrogens with zero attached hydrogens (tertiary/aromatic N) is 3. The van der Waals surface area contributed by atoms with Gasteiger partial charge >= 0.3 is 5.97 Å². The molecule has 0 aliphatic heterocycles. The summed E-state index contributed by atoms with van der Waals surface area (Å²) in [5.41, 5.74) is 0.921. The molecule has 1 aliphatic carbocycles. The monoisotopic (exact) mass is 412 g/mol. The van der Waals surface area contributed by atoms with Crippen LogP contribution in [-0.2, 0) is 16.1 Å². The molecule has 1 aliphatic rings. The van der Waals surface area contributed by atoms with Gasteiger partial charge < -0.3 is 10.1 Å². The Morgan fingerprint density at radius 3 is 2.79 bits per heavy atom. The fourth-order valence-corrected chi connectivity index (χ4v) is 4.73. The average molecular weight is 413 g/mol. The van der Waals surface area contributed by atoms with Crippen molar-refractivity contribution in [3.63, 3.8) is 0 Å². The molecular weight excluding hydrogens is 388 g/mol. The highest BCUT2D eigenvalue weighted by Crippen LogP contribution is 2.30. The van der Waals surface area contributed by atoms with Crippen molar-refractivity contribution in [3.05, 3.63) is 45.9 Å². The number of nitrogens with one attached hydrogen (secondary N) is 1. The van der Waals surface area contributed by atoms with Crippen molar-refractivity contribution in [3.8, 4) is 0 Å². The molecule has 0 bridgehead atoms. The van der Waals surface area contributed by atoms with Crippen LogP contribution in [0.3, 0.4) is 0 Å². The van der Waals surface area contributed by atoms with E-state index >= 15 is 0 Å². The third-order valence-corrected chi connectivity index (χ3v) is 6.36. The van der Waals surface area contributed by atoms with E-state index in [0.717, 1.165) is 29.8 Å². The summed E-state index contributed by atoms with van der Waals surface area (Å²) in [4.78, 5) is 31.5. The molecule has 3 aromatic rings. The molecule has 1 amide bonds. The number of amides is 1. The van der Waals surface area contributed by atoms with Gasteiger partial charge in [0.15, 0.2) is 5.65 Å². The van der Waals surface area contributed by atoms with Gasteiger partial charge in [0.25, 0.3) is 5.91 Å². The number of methoxy groups -OCH3 is 1. The molecule has 8 heteroatoms. The highest BCUT2D eigenvalue weighted by molar-refractivity contribution is 7.09. The van der Waals surface area contributed by atoms with Crippen molar-refractivity contribution in [2.45, 2.75) is 51.1 Å². The second-order valence-electron chi connectivity index (χ2n) is 7.52. The molecule has 3 heterocycles. The number of carbonyl (C=O) groups excluding carboxylic acids is 2. The molecule has 0 atom stereocenters. The van der Waals surface area contributed by atoms with Crippen LogP contribution in [0.25, 0.3) is 11.0 Å². The van der Waals surface area contributed by atoms with E-state index in [4.69, 9.17) is 4.74 Å². The molecule has 1 N–H and O–H groups in total. The minimum Gasteiger partial charge on any atom is -0.467 e. The first-order valence-corrected chi connectivity index (χ1v) is 10.7. The smallest absolute Gasteiger partial charge is 0.331 e. The molecule has 1 saturated carbocycles. The van der Waals surface area contributed by atoms with Gasteiger partial charge in [-0.15, -0.1) is 11.3 Å². The molecular formula is C21H24N4O3S. The summed E-state index contributed by atoms with van der Waals surface area (Å²) >= 11 is 1.65. The molecule has 152 valence electrons. The summed E-state index contributed by atoms with van der Waals surface area (Å²) in [6, 6.07) is 5.80. The van der Waals surface area contributed by atoms with Crippen LogP contribution in [0, 0.1) is 6.92 Å². The van der Waals surface area contributed by atoms with Gasteiger partial charge in [0, 0.05) is 10.6 Å². The highest BCUT2D eigenvalue weighted by atomic mass is 32.1. The van der Waals surface area contributed by atoms with Gasteiger partial charge in [-0.05, 0) is 37.3 Å². The molecule has 7 nitrogen and oxygen atoms in total. The third kappa shape index (κ3) is 3.76. The molecule has 4 rings (SSSR count). The standard InChI is InChI=1S/C21H24N4O3S/c1-14-11-16(19(26)24-21(20(27)28-2)8-4-3-5-9-21)17-12-22-25(18(17)23-14)13-15-7-6-10-29-15/h6-7,10-12H,3-5,8-9,13H2,1-2H3,(H,24,26). The van der Waals surface area contributed by atoms with E-state index in [9.17, 15) is 9.59 Å². The van der Waals surface area contributed by atoms with E-state index < -0.39 is 5.54 Å². The van der Waals surface area contributed by atoms with Crippen molar-refractivity contribution >= 4 is 34.2 Å². The number of esters is 1.